The SMILES string of the molecule is CC(Nc1ccc(-n2cncn2)nc1)c1sccc1Br. The summed E-state index contributed by atoms with van der Waals surface area (Å²) in [6.45, 7) is 2.13. The zero-order chi connectivity index (χ0) is 13.9. The average Bonchev–Trinajstić information content (AvgIpc) is 3.10. The number of hydrogen-bond acceptors (Lipinski definition) is 5. The van der Waals surface area contributed by atoms with Crippen molar-refractivity contribution in [1.82, 2.24) is 19.7 Å². The van der Waals surface area contributed by atoms with Crippen molar-refractivity contribution in [3.63, 3.8) is 0 Å². The Morgan fingerprint density at radius 1 is 1.35 bits per heavy atom. The van der Waals surface area contributed by atoms with E-state index in [2.05, 4.69) is 54.7 Å². The zero-order valence-electron chi connectivity index (χ0n) is 10.7. The van der Waals surface area contributed by atoms with Crippen LogP contribution in [0.2, 0.25) is 0 Å². The lowest BCUT2D eigenvalue weighted by molar-refractivity contribution is 0.842. The molecule has 0 radical (unpaired) electrons. The van der Waals surface area contributed by atoms with Gasteiger partial charge in [-0.3, -0.25) is 0 Å². The molecule has 3 heterocycles. The molecule has 20 heavy (non-hydrogen) atoms. The van der Waals surface area contributed by atoms with Crippen LogP contribution in [0.5, 0.6) is 0 Å². The summed E-state index contributed by atoms with van der Waals surface area (Å²) in [5.74, 6) is 0.748. The average molecular weight is 350 g/mol. The maximum atomic E-state index is 4.37. The van der Waals surface area contributed by atoms with Gasteiger partial charge in [0.25, 0.3) is 0 Å². The highest BCUT2D eigenvalue weighted by Crippen LogP contribution is 2.30. The van der Waals surface area contributed by atoms with Gasteiger partial charge in [0.15, 0.2) is 5.82 Å². The minimum absolute atomic E-state index is 0.225. The number of halogens is 1. The van der Waals surface area contributed by atoms with Gasteiger partial charge in [-0.2, -0.15) is 5.10 Å². The minimum atomic E-state index is 0.225. The zero-order valence-corrected chi connectivity index (χ0v) is 13.1. The van der Waals surface area contributed by atoms with E-state index in [1.54, 1.807) is 28.5 Å². The standard InChI is InChI=1S/C13H12BrN5S/c1-9(13-11(14)4-5-20-13)18-10-2-3-12(16-6-10)19-8-15-7-17-19/h2-9,18H,1H3. The molecule has 1 unspecified atom stereocenters. The predicted molar refractivity (Wildman–Crippen MR) is 83.2 cm³/mol. The molecule has 0 bridgehead atoms. The molecule has 1 atom stereocenters. The number of hydrogen-bond donors (Lipinski definition) is 1. The highest BCUT2D eigenvalue weighted by molar-refractivity contribution is 9.10. The molecule has 0 saturated heterocycles. The summed E-state index contributed by atoms with van der Waals surface area (Å²) in [5.41, 5.74) is 0.974. The van der Waals surface area contributed by atoms with Gasteiger partial charge in [-0.1, -0.05) is 0 Å². The van der Waals surface area contributed by atoms with E-state index in [1.165, 1.54) is 11.2 Å². The second-order valence-corrected chi connectivity index (χ2v) is 6.05. The van der Waals surface area contributed by atoms with Crippen LogP contribution < -0.4 is 5.32 Å². The van der Waals surface area contributed by atoms with E-state index in [-0.39, 0.29) is 6.04 Å². The number of pyridine rings is 1. The van der Waals surface area contributed by atoms with Crippen LogP contribution in [0.4, 0.5) is 5.69 Å². The summed E-state index contributed by atoms with van der Waals surface area (Å²) >= 11 is 5.28. The molecule has 7 heteroatoms. The van der Waals surface area contributed by atoms with Gasteiger partial charge in [0.05, 0.1) is 17.9 Å². The van der Waals surface area contributed by atoms with Crippen LogP contribution in [-0.4, -0.2) is 19.7 Å². The summed E-state index contributed by atoms with van der Waals surface area (Å²) in [6, 6.07) is 6.18. The monoisotopic (exact) mass is 349 g/mol. The first-order valence-corrected chi connectivity index (χ1v) is 7.72. The van der Waals surface area contributed by atoms with Gasteiger partial charge in [0.2, 0.25) is 0 Å². The lowest BCUT2D eigenvalue weighted by Crippen LogP contribution is -2.06. The Morgan fingerprint density at radius 3 is 2.85 bits per heavy atom. The lowest BCUT2D eigenvalue weighted by atomic mass is 10.2. The van der Waals surface area contributed by atoms with E-state index in [4.69, 9.17) is 0 Å². The van der Waals surface area contributed by atoms with Gasteiger partial charge in [0, 0.05) is 9.35 Å². The summed E-state index contributed by atoms with van der Waals surface area (Å²) in [4.78, 5) is 9.54. The van der Waals surface area contributed by atoms with Crippen LogP contribution in [0, 0.1) is 0 Å². The number of nitrogens with zero attached hydrogens (tertiary/aromatic N) is 4. The van der Waals surface area contributed by atoms with Crippen LogP contribution in [0.1, 0.15) is 17.8 Å². The first kappa shape index (κ1) is 13.3. The van der Waals surface area contributed by atoms with Crippen LogP contribution in [-0.2, 0) is 0 Å². The highest BCUT2D eigenvalue weighted by Gasteiger charge is 2.10. The molecule has 3 aromatic rings. The van der Waals surface area contributed by atoms with Crippen molar-refractivity contribution in [2.45, 2.75) is 13.0 Å². The van der Waals surface area contributed by atoms with Gasteiger partial charge in [-0.15, -0.1) is 11.3 Å². The summed E-state index contributed by atoms with van der Waals surface area (Å²) < 4.78 is 2.76. The van der Waals surface area contributed by atoms with Gasteiger partial charge in [0.1, 0.15) is 12.7 Å². The maximum absolute atomic E-state index is 4.37. The number of thiophene rings is 1. The van der Waals surface area contributed by atoms with Gasteiger partial charge < -0.3 is 5.32 Å². The lowest BCUT2D eigenvalue weighted by Gasteiger charge is -2.14. The van der Waals surface area contributed by atoms with Gasteiger partial charge >= 0.3 is 0 Å². The Bertz CT molecular complexity index is 677. The van der Waals surface area contributed by atoms with Crippen LogP contribution in [0.15, 0.2) is 46.9 Å². The van der Waals surface area contributed by atoms with Gasteiger partial charge in [-0.05, 0) is 46.4 Å². The molecule has 0 aliphatic carbocycles. The molecule has 5 nitrogen and oxygen atoms in total. The first-order valence-electron chi connectivity index (χ1n) is 6.04. The van der Waals surface area contributed by atoms with Crippen molar-refractivity contribution < 1.29 is 0 Å². The van der Waals surface area contributed by atoms with Crippen molar-refractivity contribution in [2.24, 2.45) is 0 Å². The number of anilines is 1. The van der Waals surface area contributed by atoms with Crippen molar-refractivity contribution in [3.05, 3.63) is 51.8 Å². The predicted octanol–water partition coefficient (Wildman–Crippen LogP) is 3.66. The van der Waals surface area contributed by atoms with Gasteiger partial charge in [-0.25, -0.2) is 14.6 Å². The third-order valence-electron chi connectivity index (χ3n) is 2.82. The van der Waals surface area contributed by atoms with E-state index in [1.807, 2.05) is 12.1 Å². The third kappa shape index (κ3) is 2.73. The van der Waals surface area contributed by atoms with E-state index >= 15 is 0 Å². The summed E-state index contributed by atoms with van der Waals surface area (Å²) in [7, 11) is 0. The minimum Gasteiger partial charge on any atom is -0.376 e. The van der Waals surface area contributed by atoms with Crippen molar-refractivity contribution in [3.8, 4) is 5.82 Å². The Morgan fingerprint density at radius 2 is 2.25 bits per heavy atom. The fraction of sp³-hybridized carbons (Fsp3) is 0.154. The smallest absolute Gasteiger partial charge is 0.155 e. The molecule has 1 N–H and O–H groups in total. The van der Waals surface area contributed by atoms with E-state index < -0.39 is 0 Å². The van der Waals surface area contributed by atoms with Crippen molar-refractivity contribution in [1.29, 1.82) is 0 Å². The molecule has 0 aliphatic rings. The summed E-state index contributed by atoms with van der Waals surface area (Å²) in [5, 5.41) is 9.55. The van der Waals surface area contributed by atoms with Crippen LogP contribution in [0.3, 0.4) is 0 Å². The Balaban J connectivity index is 1.74. The Labute approximate surface area is 128 Å². The molecule has 0 fully saturated rings. The third-order valence-corrected chi connectivity index (χ3v) is 4.88. The maximum Gasteiger partial charge on any atom is 0.155 e. The highest BCUT2D eigenvalue weighted by atomic mass is 79.9. The molecular weight excluding hydrogens is 338 g/mol. The molecule has 0 spiro atoms. The fourth-order valence-electron chi connectivity index (χ4n) is 1.86. The van der Waals surface area contributed by atoms with E-state index in [0.717, 1.165) is 16.0 Å². The quantitative estimate of drug-likeness (QED) is 0.780. The molecule has 0 aliphatic heterocycles. The molecule has 102 valence electrons. The van der Waals surface area contributed by atoms with E-state index in [0.29, 0.717) is 0 Å². The molecular formula is C13H12BrN5S. The summed E-state index contributed by atoms with van der Waals surface area (Å²) in [6.07, 6.45) is 4.92. The van der Waals surface area contributed by atoms with Crippen LogP contribution >= 0.6 is 27.3 Å². The molecule has 0 aromatic carbocycles. The second kappa shape index (κ2) is 5.72. The van der Waals surface area contributed by atoms with E-state index in [9.17, 15) is 0 Å². The number of nitrogens with one attached hydrogen (secondary N) is 1. The van der Waals surface area contributed by atoms with Crippen molar-refractivity contribution >= 4 is 33.0 Å². The largest absolute Gasteiger partial charge is 0.376 e. The van der Waals surface area contributed by atoms with Crippen molar-refractivity contribution in [2.75, 3.05) is 5.32 Å². The molecule has 0 amide bonds. The fourth-order valence-corrected chi connectivity index (χ4v) is 3.59. The molecule has 3 rings (SSSR count). The second-order valence-electron chi connectivity index (χ2n) is 4.24. The number of rotatable bonds is 4. The topological polar surface area (TPSA) is 55.6 Å². The Hall–Kier alpha value is -1.73. The number of aromatic nitrogens is 4. The molecule has 3 aromatic heterocycles. The van der Waals surface area contributed by atoms with Crippen LogP contribution in [0.25, 0.3) is 5.82 Å². The Kier molecular flexibility index (Phi) is 3.79. The first-order chi connectivity index (χ1) is 9.74. The molecule has 0 saturated carbocycles. The normalized spacial score (nSPS) is 12.3.